The van der Waals surface area contributed by atoms with Crippen molar-refractivity contribution in [3.05, 3.63) is 29.8 Å². The minimum Gasteiger partial charge on any atom is -0.545 e. The lowest BCUT2D eigenvalue weighted by Crippen LogP contribution is -3.10. The Morgan fingerprint density at radius 3 is 2.73 bits per heavy atom. The molecule has 5 heteroatoms. The summed E-state index contributed by atoms with van der Waals surface area (Å²) in [6.07, 6.45) is 5.09. The lowest BCUT2D eigenvalue weighted by atomic mass is 10.2. The van der Waals surface area contributed by atoms with E-state index in [0.29, 0.717) is 24.7 Å². The minimum atomic E-state index is -1.22. The molecule has 2 rings (SSSR count). The van der Waals surface area contributed by atoms with E-state index in [-0.39, 0.29) is 0 Å². The van der Waals surface area contributed by atoms with Crippen LogP contribution in [-0.4, -0.2) is 38.8 Å². The van der Waals surface area contributed by atoms with Crippen LogP contribution in [0.25, 0.3) is 6.08 Å². The standard InChI is InChI=1S/C17H23NO4/c1-2-21-16-13-14(6-8-17(19)20)5-7-15(16)22-12-11-18-9-3-4-10-18/h5-8,13H,2-4,9-12H2,1H3,(H,19,20)/b8-6+. The van der Waals surface area contributed by atoms with Crippen molar-refractivity contribution in [2.24, 2.45) is 0 Å². The van der Waals surface area contributed by atoms with Gasteiger partial charge in [0.2, 0.25) is 0 Å². The average molecular weight is 305 g/mol. The maximum Gasteiger partial charge on any atom is 0.161 e. The molecule has 1 aromatic rings. The first-order valence-electron chi connectivity index (χ1n) is 7.81. The van der Waals surface area contributed by atoms with Gasteiger partial charge < -0.3 is 24.3 Å². The summed E-state index contributed by atoms with van der Waals surface area (Å²) in [4.78, 5) is 12.1. The van der Waals surface area contributed by atoms with Crippen LogP contribution in [0.4, 0.5) is 0 Å². The molecule has 22 heavy (non-hydrogen) atoms. The Bertz CT molecular complexity index is 521. The second-order valence-corrected chi connectivity index (χ2v) is 5.35. The van der Waals surface area contributed by atoms with Crippen LogP contribution in [0.1, 0.15) is 25.3 Å². The zero-order valence-corrected chi connectivity index (χ0v) is 13.0. The highest BCUT2D eigenvalue weighted by Gasteiger charge is 2.15. The molecule has 0 radical (unpaired) electrons. The third-order valence-electron chi connectivity index (χ3n) is 3.70. The molecule has 1 fully saturated rings. The Morgan fingerprint density at radius 1 is 1.27 bits per heavy atom. The predicted molar refractivity (Wildman–Crippen MR) is 81.9 cm³/mol. The molecule has 0 aliphatic carbocycles. The second-order valence-electron chi connectivity index (χ2n) is 5.35. The summed E-state index contributed by atoms with van der Waals surface area (Å²) >= 11 is 0. The molecule has 0 amide bonds. The highest BCUT2D eigenvalue weighted by molar-refractivity contribution is 5.83. The molecule has 0 saturated carbocycles. The number of carbonyl (C=O) groups is 1. The van der Waals surface area contributed by atoms with Crippen molar-refractivity contribution in [3.8, 4) is 11.5 Å². The molecule has 1 N–H and O–H groups in total. The maximum absolute atomic E-state index is 10.5. The molecular formula is C17H23NO4. The number of quaternary nitrogens is 1. The lowest BCUT2D eigenvalue weighted by Gasteiger charge is -2.15. The molecule has 1 aliphatic heterocycles. The van der Waals surface area contributed by atoms with Gasteiger partial charge in [-0.05, 0) is 30.7 Å². The van der Waals surface area contributed by atoms with Gasteiger partial charge in [0, 0.05) is 12.8 Å². The third-order valence-corrected chi connectivity index (χ3v) is 3.70. The van der Waals surface area contributed by atoms with Crippen LogP contribution in [0, 0.1) is 0 Å². The molecule has 1 aromatic carbocycles. The minimum absolute atomic E-state index is 0.529. The van der Waals surface area contributed by atoms with E-state index in [1.165, 1.54) is 32.0 Å². The van der Waals surface area contributed by atoms with Crippen molar-refractivity contribution >= 4 is 12.0 Å². The fourth-order valence-corrected chi connectivity index (χ4v) is 2.61. The summed E-state index contributed by atoms with van der Waals surface area (Å²) in [7, 11) is 0. The molecule has 0 bridgehead atoms. The number of rotatable bonds is 8. The van der Waals surface area contributed by atoms with Crippen LogP contribution < -0.4 is 19.5 Å². The first kappa shape index (κ1) is 16.4. The zero-order chi connectivity index (χ0) is 15.8. The van der Waals surface area contributed by atoms with E-state index in [4.69, 9.17) is 9.47 Å². The van der Waals surface area contributed by atoms with Gasteiger partial charge in [-0.15, -0.1) is 0 Å². The number of likely N-dealkylation sites (tertiary alicyclic amines) is 1. The quantitative estimate of drug-likeness (QED) is 0.682. The normalized spacial score (nSPS) is 15.3. The van der Waals surface area contributed by atoms with Gasteiger partial charge in [-0.25, -0.2) is 0 Å². The molecule has 0 aromatic heterocycles. The molecule has 1 aliphatic rings. The van der Waals surface area contributed by atoms with Gasteiger partial charge in [-0.1, -0.05) is 12.1 Å². The summed E-state index contributed by atoms with van der Waals surface area (Å²) in [6.45, 7) is 6.55. The average Bonchev–Trinajstić information content (AvgIpc) is 3.00. The molecule has 120 valence electrons. The van der Waals surface area contributed by atoms with Crippen molar-refractivity contribution in [3.63, 3.8) is 0 Å². The lowest BCUT2D eigenvalue weighted by molar-refractivity contribution is -0.887. The van der Waals surface area contributed by atoms with E-state index in [9.17, 15) is 9.90 Å². The largest absolute Gasteiger partial charge is 0.545 e. The Kier molecular flexibility index (Phi) is 6.27. The molecular weight excluding hydrogens is 282 g/mol. The predicted octanol–water partition coefficient (Wildman–Crippen LogP) is -0.0941. The van der Waals surface area contributed by atoms with Crippen LogP contribution >= 0.6 is 0 Å². The van der Waals surface area contributed by atoms with Gasteiger partial charge in [0.15, 0.2) is 11.5 Å². The van der Waals surface area contributed by atoms with Crippen LogP contribution in [-0.2, 0) is 4.79 Å². The summed E-state index contributed by atoms with van der Waals surface area (Å²) < 4.78 is 11.4. The van der Waals surface area contributed by atoms with E-state index < -0.39 is 5.97 Å². The smallest absolute Gasteiger partial charge is 0.161 e. The van der Waals surface area contributed by atoms with Gasteiger partial charge in [0.1, 0.15) is 13.2 Å². The van der Waals surface area contributed by atoms with Crippen molar-refractivity contribution in [1.29, 1.82) is 0 Å². The van der Waals surface area contributed by atoms with Gasteiger partial charge in [0.05, 0.1) is 25.7 Å². The van der Waals surface area contributed by atoms with Gasteiger partial charge in [-0.3, -0.25) is 0 Å². The molecule has 5 nitrogen and oxygen atoms in total. The monoisotopic (exact) mass is 305 g/mol. The Hall–Kier alpha value is -2.01. The fraction of sp³-hybridized carbons (Fsp3) is 0.471. The second kappa shape index (κ2) is 8.44. The van der Waals surface area contributed by atoms with Crippen molar-refractivity contribution < 1.29 is 24.3 Å². The molecule has 1 heterocycles. The maximum atomic E-state index is 10.5. The number of aliphatic carboxylic acids is 1. The van der Waals surface area contributed by atoms with E-state index in [1.807, 2.05) is 13.0 Å². The number of hydrogen-bond acceptors (Lipinski definition) is 4. The molecule has 0 atom stereocenters. The highest BCUT2D eigenvalue weighted by atomic mass is 16.5. The van der Waals surface area contributed by atoms with Crippen LogP contribution in [0.3, 0.4) is 0 Å². The Labute approximate surface area is 131 Å². The number of nitrogens with one attached hydrogen (secondary N) is 1. The van der Waals surface area contributed by atoms with Crippen molar-refractivity contribution in [2.45, 2.75) is 19.8 Å². The SMILES string of the molecule is CCOc1cc(/C=C/C(=O)[O-])ccc1OCC[NH+]1CCCC1. The number of ether oxygens (including phenoxy) is 2. The van der Waals surface area contributed by atoms with Crippen LogP contribution in [0.5, 0.6) is 11.5 Å². The number of benzene rings is 1. The highest BCUT2D eigenvalue weighted by Crippen LogP contribution is 2.28. The molecule has 0 spiro atoms. The number of carbonyl (C=O) groups excluding carboxylic acids is 1. The van der Waals surface area contributed by atoms with E-state index in [0.717, 1.165) is 18.2 Å². The fourth-order valence-electron chi connectivity index (χ4n) is 2.61. The third kappa shape index (κ3) is 5.07. The van der Waals surface area contributed by atoms with E-state index >= 15 is 0 Å². The molecule has 1 saturated heterocycles. The Morgan fingerprint density at radius 2 is 2.05 bits per heavy atom. The molecule has 0 unspecified atom stereocenters. The zero-order valence-electron chi connectivity index (χ0n) is 13.0. The van der Waals surface area contributed by atoms with Gasteiger partial charge in [-0.2, -0.15) is 0 Å². The van der Waals surface area contributed by atoms with E-state index in [2.05, 4.69) is 0 Å². The van der Waals surface area contributed by atoms with Crippen LogP contribution in [0.2, 0.25) is 0 Å². The van der Waals surface area contributed by atoms with Gasteiger partial charge in [0.25, 0.3) is 0 Å². The first-order valence-corrected chi connectivity index (χ1v) is 7.81. The number of carboxylic acid groups (broad SMARTS) is 1. The summed E-state index contributed by atoms with van der Waals surface area (Å²) in [5, 5.41) is 10.5. The number of hydrogen-bond donors (Lipinski definition) is 1. The van der Waals surface area contributed by atoms with Crippen LogP contribution in [0.15, 0.2) is 24.3 Å². The first-order chi connectivity index (χ1) is 10.7. The van der Waals surface area contributed by atoms with Crippen molar-refractivity contribution in [2.75, 3.05) is 32.8 Å². The topological polar surface area (TPSA) is 63.0 Å². The summed E-state index contributed by atoms with van der Waals surface area (Å²) in [6, 6.07) is 5.40. The van der Waals surface area contributed by atoms with Crippen molar-refractivity contribution in [1.82, 2.24) is 0 Å². The number of carboxylic acids is 1. The summed E-state index contributed by atoms with van der Waals surface area (Å²) in [5.74, 6) is 0.123. The van der Waals surface area contributed by atoms with Gasteiger partial charge >= 0.3 is 0 Å². The summed E-state index contributed by atoms with van der Waals surface area (Å²) in [5.41, 5.74) is 0.741. The van der Waals surface area contributed by atoms with E-state index in [1.54, 1.807) is 17.0 Å². The Balaban J connectivity index is 1.97.